The van der Waals surface area contributed by atoms with Crippen molar-refractivity contribution in [2.45, 2.75) is 0 Å². The fraction of sp³-hybridized carbons (Fsp3) is 0. The van der Waals surface area contributed by atoms with E-state index in [0.29, 0.717) is 0 Å². The second kappa shape index (κ2) is 5.38. The second-order valence-corrected chi connectivity index (χ2v) is 4.35. The van der Waals surface area contributed by atoms with E-state index < -0.39 is 11.7 Å². The van der Waals surface area contributed by atoms with Gasteiger partial charge < -0.3 is 11.1 Å². The molecule has 1 amide bonds. The third-order valence-electron chi connectivity index (χ3n) is 2.15. The normalized spacial score (nSPS) is 10.3. The van der Waals surface area contributed by atoms with Crippen LogP contribution in [0.2, 0.25) is 10.0 Å². The molecule has 19 heavy (non-hydrogen) atoms. The number of rotatable bonds is 2. The average molecular weight is 301 g/mol. The maximum absolute atomic E-state index is 13.2. The molecule has 0 fully saturated rings. The fourth-order valence-corrected chi connectivity index (χ4v) is 1.77. The number of nitrogens with zero attached hydrogens (tertiary/aromatic N) is 2. The summed E-state index contributed by atoms with van der Waals surface area (Å²) in [6, 6.07) is 2.48. The lowest BCUT2D eigenvalue weighted by Gasteiger charge is -2.06. The Balaban J connectivity index is 2.22. The van der Waals surface area contributed by atoms with Gasteiger partial charge in [0, 0.05) is 5.69 Å². The average Bonchev–Trinajstić information content (AvgIpc) is 2.36. The Morgan fingerprint density at radius 2 is 1.84 bits per heavy atom. The molecule has 2 rings (SSSR count). The number of halogens is 3. The lowest BCUT2D eigenvalue weighted by molar-refractivity contribution is 0.102. The largest absolute Gasteiger partial charge is 0.382 e. The molecule has 5 nitrogen and oxygen atoms in total. The van der Waals surface area contributed by atoms with Crippen molar-refractivity contribution < 1.29 is 9.18 Å². The van der Waals surface area contributed by atoms with E-state index in [2.05, 4.69) is 15.3 Å². The van der Waals surface area contributed by atoms with Crippen LogP contribution in [-0.2, 0) is 0 Å². The number of carbonyl (C=O) groups excluding carboxylic acids is 1. The van der Waals surface area contributed by atoms with E-state index in [-0.39, 0.29) is 27.2 Å². The van der Waals surface area contributed by atoms with E-state index in [1.807, 2.05) is 0 Å². The molecule has 8 heteroatoms. The van der Waals surface area contributed by atoms with Gasteiger partial charge in [0.2, 0.25) is 0 Å². The number of hydrogen-bond donors (Lipinski definition) is 2. The van der Waals surface area contributed by atoms with E-state index in [1.54, 1.807) is 0 Å². The smallest absolute Gasteiger partial charge is 0.275 e. The third-order valence-corrected chi connectivity index (χ3v) is 2.70. The van der Waals surface area contributed by atoms with Gasteiger partial charge >= 0.3 is 0 Å². The summed E-state index contributed by atoms with van der Waals surface area (Å²) in [7, 11) is 0. The van der Waals surface area contributed by atoms with Crippen LogP contribution in [0.25, 0.3) is 0 Å². The van der Waals surface area contributed by atoms with Gasteiger partial charge in [-0.05, 0) is 12.1 Å². The van der Waals surface area contributed by atoms with Gasteiger partial charge in [-0.2, -0.15) is 0 Å². The van der Waals surface area contributed by atoms with Gasteiger partial charge in [0.1, 0.15) is 11.5 Å². The fourth-order valence-electron chi connectivity index (χ4n) is 1.28. The van der Waals surface area contributed by atoms with Crippen LogP contribution >= 0.6 is 23.2 Å². The second-order valence-electron chi connectivity index (χ2n) is 3.53. The molecule has 0 unspecified atom stereocenters. The zero-order valence-corrected chi connectivity index (χ0v) is 10.8. The van der Waals surface area contributed by atoms with Crippen molar-refractivity contribution in [2.75, 3.05) is 11.1 Å². The van der Waals surface area contributed by atoms with Crippen LogP contribution in [0.3, 0.4) is 0 Å². The number of hydrogen-bond acceptors (Lipinski definition) is 4. The molecule has 0 saturated heterocycles. The molecule has 0 spiro atoms. The van der Waals surface area contributed by atoms with Gasteiger partial charge in [0.25, 0.3) is 5.91 Å². The minimum Gasteiger partial charge on any atom is -0.382 e. The first-order chi connectivity index (χ1) is 8.97. The zero-order chi connectivity index (χ0) is 14.0. The van der Waals surface area contributed by atoms with Crippen molar-refractivity contribution in [1.82, 2.24) is 9.97 Å². The number of amides is 1. The van der Waals surface area contributed by atoms with E-state index in [0.717, 1.165) is 0 Å². The molecule has 0 aliphatic rings. The Labute approximate surface area is 117 Å². The highest BCUT2D eigenvalue weighted by molar-refractivity contribution is 6.35. The van der Waals surface area contributed by atoms with Crippen molar-refractivity contribution in [3.05, 3.63) is 46.1 Å². The highest BCUT2D eigenvalue weighted by Gasteiger charge is 2.12. The lowest BCUT2D eigenvalue weighted by atomic mass is 10.3. The number of anilines is 2. The van der Waals surface area contributed by atoms with Crippen LogP contribution < -0.4 is 11.1 Å². The molecule has 0 bridgehead atoms. The standard InChI is InChI=1S/C11H7Cl2FN4O/c12-6-1-5(2-7(13)10(6)14)18-11(19)8-3-17-9(15)4-16-8/h1-4H,(H2,15,17)(H,18,19). The predicted octanol–water partition coefficient (Wildman–Crippen LogP) is 2.76. The Morgan fingerprint density at radius 3 is 2.37 bits per heavy atom. The summed E-state index contributed by atoms with van der Waals surface area (Å²) in [6.07, 6.45) is 2.47. The molecule has 0 saturated carbocycles. The van der Waals surface area contributed by atoms with Crippen molar-refractivity contribution in [2.24, 2.45) is 0 Å². The molecule has 0 radical (unpaired) electrons. The molecule has 98 valence electrons. The van der Waals surface area contributed by atoms with Crippen molar-refractivity contribution in [1.29, 1.82) is 0 Å². The minimum atomic E-state index is -0.742. The summed E-state index contributed by atoms with van der Waals surface area (Å²) >= 11 is 11.2. The van der Waals surface area contributed by atoms with Gasteiger partial charge in [0.15, 0.2) is 5.82 Å². The summed E-state index contributed by atoms with van der Waals surface area (Å²) in [5.41, 5.74) is 5.66. The van der Waals surface area contributed by atoms with Crippen LogP contribution in [0.15, 0.2) is 24.5 Å². The van der Waals surface area contributed by atoms with Gasteiger partial charge in [-0.15, -0.1) is 0 Å². The third kappa shape index (κ3) is 3.10. The first-order valence-electron chi connectivity index (χ1n) is 5.01. The Bertz CT molecular complexity index is 610. The van der Waals surface area contributed by atoms with Crippen molar-refractivity contribution in [3.8, 4) is 0 Å². The quantitative estimate of drug-likeness (QED) is 0.836. The summed E-state index contributed by atoms with van der Waals surface area (Å²) < 4.78 is 13.2. The predicted molar refractivity (Wildman–Crippen MR) is 70.8 cm³/mol. The monoisotopic (exact) mass is 300 g/mol. The van der Waals surface area contributed by atoms with E-state index in [9.17, 15) is 9.18 Å². The van der Waals surface area contributed by atoms with Gasteiger partial charge in [0.05, 0.1) is 22.4 Å². The number of benzene rings is 1. The summed E-state index contributed by atoms with van der Waals surface area (Å²) in [6.45, 7) is 0. The highest BCUT2D eigenvalue weighted by Crippen LogP contribution is 2.27. The summed E-state index contributed by atoms with van der Waals surface area (Å²) in [5.74, 6) is -1.08. The van der Waals surface area contributed by atoms with Crippen molar-refractivity contribution >= 4 is 40.6 Å². The number of nitrogens with two attached hydrogens (primary N) is 1. The first-order valence-corrected chi connectivity index (χ1v) is 5.76. The van der Waals surface area contributed by atoms with Crippen LogP contribution in [0.4, 0.5) is 15.9 Å². The van der Waals surface area contributed by atoms with Gasteiger partial charge in [-0.25, -0.2) is 14.4 Å². The molecular formula is C11H7Cl2FN4O. The zero-order valence-electron chi connectivity index (χ0n) is 9.32. The number of nitrogen functional groups attached to an aromatic ring is 1. The topological polar surface area (TPSA) is 80.9 Å². The molecule has 2 aromatic rings. The lowest BCUT2D eigenvalue weighted by Crippen LogP contribution is -2.14. The molecule has 0 aliphatic heterocycles. The number of carbonyl (C=O) groups is 1. The first kappa shape index (κ1) is 13.5. The van der Waals surface area contributed by atoms with E-state index in [1.165, 1.54) is 24.5 Å². The number of nitrogens with one attached hydrogen (secondary N) is 1. The van der Waals surface area contributed by atoms with Gasteiger partial charge in [-0.1, -0.05) is 23.2 Å². The Hall–Kier alpha value is -1.92. The summed E-state index contributed by atoms with van der Waals surface area (Å²) in [4.78, 5) is 19.3. The molecule has 0 atom stereocenters. The van der Waals surface area contributed by atoms with E-state index >= 15 is 0 Å². The molecule has 1 aromatic carbocycles. The minimum absolute atomic E-state index is 0.0609. The SMILES string of the molecule is Nc1cnc(C(=O)Nc2cc(Cl)c(F)c(Cl)c2)cn1. The molecule has 1 heterocycles. The molecule has 3 N–H and O–H groups in total. The van der Waals surface area contributed by atoms with Crippen LogP contribution in [0.1, 0.15) is 10.5 Å². The Kier molecular flexibility index (Phi) is 3.82. The van der Waals surface area contributed by atoms with Crippen LogP contribution in [0.5, 0.6) is 0 Å². The maximum Gasteiger partial charge on any atom is 0.275 e. The molecular weight excluding hydrogens is 294 g/mol. The van der Waals surface area contributed by atoms with E-state index in [4.69, 9.17) is 28.9 Å². The highest BCUT2D eigenvalue weighted by atomic mass is 35.5. The number of aromatic nitrogens is 2. The summed E-state index contributed by atoms with van der Waals surface area (Å²) in [5, 5.41) is 2.09. The maximum atomic E-state index is 13.2. The van der Waals surface area contributed by atoms with Crippen LogP contribution in [0, 0.1) is 5.82 Å². The van der Waals surface area contributed by atoms with Crippen LogP contribution in [-0.4, -0.2) is 15.9 Å². The van der Waals surface area contributed by atoms with Gasteiger partial charge in [-0.3, -0.25) is 4.79 Å². The Morgan fingerprint density at radius 1 is 1.21 bits per heavy atom. The van der Waals surface area contributed by atoms with Crippen molar-refractivity contribution in [3.63, 3.8) is 0 Å². The molecule has 0 aliphatic carbocycles. The molecule has 1 aromatic heterocycles.